The highest BCUT2D eigenvalue weighted by Crippen LogP contribution is 2.22. The van der Waals surface area contributed by atoms with Crippen LogP contribution in [0.25, 0.3) is 10.8 Å². The molecule has 2 amide bonds. The molecule has 0 fully saturated rings. The van der Waals surface area contributed by atoms with E-state index >= 15 is 0 Å². The number of amides is 2. The van der Waals surface area contributed by atoms with Crippen LogP contribution in [0.5, 0.6) is 0 Å². The predicted octanol–water partition coefficient (Wildman–Crippen LogP) is 5.54. The first-order valence-corrected chi connectivity index (χ1v) is 12.4. The summed E-state index contributed by atoms with van der Waals surface area (Å²) >= 11 is 6.29. The molecule has 186 valence electrons. The van der Waals surface area contributed by atoms with Crippen molar-refractivity contribution in [1.29, 1.82) is 0 Å². The average molecular weight is 497 g/mol. The van der Waals surface area contributed by atoms with Crippen molar-refractivity contribution in [2.45, 2.75) is 66.5 Å². The van der Waals surface area contributed by atoms with Crippen LogP contribution in [0.1, 0.15) is 69.3 Å². The molecule has 7 nitrogen and oxygen atoms in total. The smallest absolute Gasteiger partial charge is 0.274 e. The summed E-state index contributed by atoms with van der Waals surface area (Å²) in [5, 5.41) is 11.5. The Morgan fingerprint density at radius 2 is 1.83 bits per heavy atom. The Morgan fingerprint density at radius 1 is 1.06 bits per heavy atom. The van der Waals surface area contributed by atoms with Crippen molar-refractivity contribution < 1.29 is 9.59 Å². The van der Waals surface area contributed by atoms with Crippen LogP contribution in [0.15, 0.2) is 47.4 Å². The number of halogens is 1. The molecule has 0 radical (unpaired) electrons. The largest absolute Gasteiger partial charge is 0.352 e. The lowest BCUT2D eigenvalue weighted by molar-refractivity contribution is -0.128. The third-order valence-corrected chi connectivity index (χ3v) is 6.07. The van der Waals surface area contributed by atoms with Crippen molar-refractivity contribution in [1.82, 2.24) is 15.1 Å². The van der Waals surface area contributed by atoms with E-state index in [0.717, 1.165) is 31.2 Å². The Labute approximate surface area is 210 Å². The number of anilines is 1. The van der Waals surface area contributed by atoms with E-state index in [2.05, 4.69) is 22.7 Å². The van der Waals surface area contributed by atoms with E-state index in [1.807, 2.05) is 20.8 Å². The number of hydrogen-bond donors (Lipinski definition) is 2. The minimum atomic E-state index is -0.508. The maximum Gasteiger partial charge on any atom is 0.274 e. The molecular formula is C27H33ClN4O3. The number of nitrogens with one attached hydrogen (secondary N) is 2. The molecule has 3 aromatic rings. The molecular weight excluding hydrogens is 464 g/mol. The quantitative estimate of drug-likeness (QED) is 0.380. The Hall–Kier alpha value is -3.19. The van der Waals surface area contributed by atoms with Crippen LogP contribution in [0, 0.1) is 5.41 Å². The first-order chi connectivity index (χ1) is 16.6. The van der Waals surface area contributed by atoms with Crippen molar-refractivity contribution in [3.8, 4) is 0 Å². The molecule has 0 aliphatic carbocycles. The lowest BCUT2D eigenvalue weighted by atomic mass is 9.95. The maximum absolute atomic E-state index is 13.0. The van der Waals surface area contributed by atoms with Crippen molar-refractivity contribution >= 4 is 39.9 Å². The molecule has 3 rings (SSSR count). The number of unbranched alkanes of at least 4 members (excludes halogenated alkanes) is 3. The maximum atomic E-state index is 13.0. The molecule has 0 spiro atoms. The van der Waals surface area contributed by atoms with Gasteiger partial charge in [0.2, 0.25) is 5.91 Å². The Kier molecular flexibility index (Phi) is 8.67. The number of aryl methyl sites for hydroxylation is 1. The molecule has 0 bridgehead atoms. The fourth-order valence-electron chi connectivity index (χ4n) is 3.61. The zero-order valence-corrected chi connectivity index (χ0v) is 21.5. The zero-order valence-electron chi connectivity index (χ0n) is 20.8. The first-order valence-electron chi connectivity index (χ1n) is 12.0. The van der Waals surface area contributed by atoms with Crippen molar-refractivity contribution in [3.05, 3.63) is 69.1 Å². The topological polar surface area (TPSA) is 93.1 Å². The van der Waals surface area contributed by atoms with Gasteiger partial charge in [-0.05, 0) is 36.2 Å². The molecule has 0 saturated carbocycles. The Balaban J connectivity index is 1.77. The summed E-state index contributed by atoms with van der Waals surface area (Å²) < 4.78 is 1.48. The number of rotatable bonds is 9. The number of aromatic nitrogens is 2. The van der Waals surface area contributed by atoms with Gasteiger partial charge in [0.25, 0.3) is 11.5 Å². The second-order valence-corrected chi connectivity index (χ2v) is 10.1. The van der Waals surface area contributed by atoms with E-state index in [4.69, 9.17) is 11.6 Å². The molecule has 0 atom stereocenters. The van der Waals surface area contributed by atoms with Gasteiger partial charge in [-0.3, -0.25) is 14.4 Å². The van der Waals surface area contributed by atoms with E-state index in [-0.39, 0.29) is 23.6 Å². The third kappa shape index (κ3) is 6.92. The molecule has 1 heterocycles. The first kappa shape index (κ1) is 26.4. The molecule has 0 saturated heterocycles. The van der Waals surface area contributed by atoms with Crippen LogP contribution in [0.4, 0.5) is 5.69 Å². The Morgan fingerprint density at radius 3 is 2.54 bits per heavy atom. The van der Waals surface area contributed by atoms with Crippen LogP contribution in [0.3, 0.4) is 0 Å². The highest BCUT2D eigenvalue weighted by molar-refractivity contribution is 6.34. The molecule has 1 aromatic heterocycles. The van der Waals surface area contributed by atoms with Gasteiger partial charge in [-0.25, -0.2) is 4.68 Å². The second-order valence-electron chi connectivity index (χ2n) is 9.74. The van der Waals surface area contributed by atoms with Crippen LogP contribution >= 0.6 is 11.6 Å². The number of benzene rings is 2. The Bertz CT molecular complexity index is 1280. The van der Waals surface area contributed by atoms with Crippen LogP contribution < -0.4 is 16.2 Å². The molecule has 35 heavy (non-hydrogen) atoms. The van der Waals surface area contributed by atoms with E-state index in [9.17, 15) is 14.4 Å². The van der Waals surface area contributed by atoms with Gasteiger partial charge >= 0.3 is 0 Å². The lowest BCUT2D eigenvalue weighted by Gasteiger charge is -2.18. The number of hydrogen-bond acceptors (Lipinski definition) is 4. The molecule has 8 heteroatoms. The monoisotopic (exact) mass is 496 g/mol. The van der Waals surface area contributed by atoms with Gasteiger partial charge in [0.1, 0.15) is 0 Å². The summed E-state index contributed by atoms with van der Waals surface area (Å²) in [5.74, 6) is -0.479. The highest BCUT2D eigenvalue weighted by Gasteiger charge is 2.21. The van der Waals surface area contributed by atoms with E-state index in [1.54, 1.807) is 42.6 Å². The molecule has 0 aliphatic heterocycles. The third-order valence-electron chi connectivity index (χ3n) is 5.75. The number of carbonyl (C=O) groups excluding carboxylic acids is 2. The van der Waals surface area contributed by atoms with Gasteiger partial charge in [0, 0.05) is 29.6 Å². The van der Waals surface area contributed by atoms with Gasteiger partial charge < -0.3 is 10.6 Å². The van der Waals surface area contributed by atoms with Crippen molar-refractivity contribution in [3.63, 3.8) is 0 Å². The number of nitrogens with zero attached hydrogens (tertiary/aromatic N) is 2. The molecule has 0 aliphatic rings. The number of carbonyl (C=O) groups is 2. The van der Waals surface area contributed by atoms with Crippen molar-refractivity contribution in [2.24, 2.45) is 5.41 Å². The fourth-order valence-corrected chi connectivity index (χ4v) is 3.81. The predicted molar refractivity (Wildman–Crippen MR) is 141 cm³/mol. The minimum absolute atomic E-state index is 0.0832. The van der Waals surface area contributed by atoms with Crippen molar-refractivity contribution in [2.75, 3.05) is 5.32 Å². The normalized spacial score (nSPS) is 11.5. The van der Waals surface area contributed by atoms with E-state index in [0.29, 0.717) is 28.0 Å². The molecule has 2 N–H and O–H groups in total. The van der Waals surface area contributed by atoms with E-state index < -0.39 is 11.3 Å². The second kappa shape index (κ2) is 11.5. The summed E-state index contributed by atoms with van der Waals surface area (Å²) in [4.78, 5) is 38.1. The van der Waals surface area contributed by atoms with Gasteiger partial charge in [0.05, 0.1) is 22.2 Å². The standard InChI is InChI=1S/C27H33ClN4O3/c1-5-6-7-8-13-32-25(34)21-15-20(11-10-19(21)17-30-32)31-24(33)22-14-18(9-12-23(22)28)16-29-26(35)27(2,3)4/h9-12,14-15,17H,5-8,13,16H2,1-4H3,(H,29,35)(H,31,33). The minimum Gasteiger partial charge on any atom is -0.352 e. The van der Waals surface area contributed by atoms with E-state index in [1.165, 1.54) is 4.68 Å². The summed E-state index contributed by atoms with van der Waals surface area (Å²) in [6.07, 6.45) is 5.88. The molecule has 2 aromatic carbocycles. The fraction of sp³-hybridized carbons (Fsp3) is 0.407. The average Bonchev–Trinajstić information content (AvgIpc) is 2.82. The summed E-state index contributed by atoms with van der Waals surface area (Å²) in [7, 11) is 0. The summed E-state index contributed by atoms with van der Waals surface area (Å²) in [6.45, 7) is 8.51. The van der Waals surface area contributed by atoms with Gasteiger partial charge in [0.15, 0.2) is 0 Å². The van der Waals surface area contributed by atoms with Crippen LogP contribution in [-0.2, 0) is 17.9 Å². The van der Waals surface area contributed by atoms with Gasteiger partial charge in [-0.2, -0.15) is 5.10 Å². The summed E-state index contributed by atoms with van der Waals surface area (Å²) in [5.41, 5.74) is 0.854. The summed E-state index contributed by atoms with van der Waals surface area (Å²) in [6, 6.07) is 10.2. The zero-order chi connectivity index (χ0) is 25.6. The van der Waals surface area contributed by atoms with Gasteiger partial charge in [-0.15, -0.1) is 0 Å². The van der Waals surface area contributed by atoms with Crippen LogP contribution in [-0.4, -0.2) is 21.6 Å². The lowest BCUT2D eigenvalue weighted by Crippen LogP contribution is -2.34. The number of fused-ring (bicyclic) bond motifs is 1. The SMILES string of the molecule is CCCCCCn1ncc2ccc(NC(=O)c3cc(CNC(=O)C(C)(C)C)ccc3Cl)cc2c1=O. The van der Waals surface area contributed by atoms with Crippen LogP contribution in [0.2, 0.25) is 5.02 Å². The molecule has 0 unspecified atom stereocenters. The van der Waals surface area contributed by atoms with Gasteiger partial charge in [-0.1, -0.05) is 70.7 Å². The highest BCUT2D eigenvalue weighted by atomic mass is 35.5.